The van der Waals surface area contributed by atoms with Crippen molar-refractivity contribution in [1.29, 1.82) is 0 Å². The summed E-state index contributed by atoms with van der Waals surface area (Å²) in [6.45, 7) is 6.06. The van der Waals surface area contributed by atoms with Crippen molar-refractivity contribution in [1.82, 2.24) is 9.88 Å². The highest BCUT2D eigenvalue weighted by atomic mass is 32.2. The highest BCUT2D eigenvalue weighted by molar-refractivity contribution is 8.18. The van der Waals surface area contributed by atoms with Gasteiger partial charge in [0.15, 0.2) is 5.17 Å². The Morgan fingerprint density at radius 2 is 2.28 bits per heavy atom. The van der Waals surface area contributed by atoms with Crippen molar-refractivity contribution in [3.63, 3.8) is 0 Å². The lowest BCUT2D eigenvalue weighted by atomic mass is 10.2. The Morgan fingerprint density at radius 1 is 1.44 bits per heavy atom. The summed E-state index contributed by atoms with van der Waals surface area (Å²) in [7, 11) is 1.62. The molecule has 1 fully saturated rings. The fraction of sp³-hybridized carbons (Fsp3) is 0.167. The Morgan fingerprint density at radius 3 is 2.96 bits per heavy atom. The van der Waals surface area contributed by atoms with Crippen LogP contribution in [0.3, 0.4) is 0 Å². The second-order valence-electron chi connectivity index (χ2n) is 5.26. The van der Waals surface area contributed by atoms with Crippen molar-refractivity contribution < 1.29 is 9.53 Å². The van der Waals surface area contributed by atoms with Crippen LogP contribution in [0.2, 0.25) is 0 Å². The fourth-order valence-electron chi connectivity index (χ4n) is 2.24. The van der Waals surface area contributed by atoms with Crippen LogP contribution < -0.4 is 4.74 Å². The van der Waals surface area contributed by atoms with Gasteiger partial charge >= 0.3 is 0 Å². The van der Waals surface area contributed by atoms with Crippen molar-refractivity contribution in [2.75, 3.05) is 13.7 Å². The van der Waals surface area contributed by atoms with Crippen LogP contribution in [0, 0.1) is 6.92 Å². The Bertz CT molecular complexity index is 871. The van der Waals surface area contributed by atoms with Crippen molar-refractivity contribution in [3.05, 3.63) is 58.5 Å². The van der Waals surface area contributed by atoms with Crippen LogP contribution in [-0.2, 0) is 4.79 Å². The zero-order valence-corrected chi connectivity index (χ0v) is 15.6. The minimum Gasteiger partial charge on any atom is -0.497 e. The summed E-state index contributed by atoms with van der Waals surface area (Å²) in [4.78, 5) is 23.8. The van der Waals surface area contributed by atoms with Crippen LogP contribution in [0.15, 0.2) is 52.2 Å². The number of aliphatic imine (C=N–C) groups is 1. The van der Waals surface area contributed by atoms with Crippen molar-refractivity contribution in [3.8, 4) is 5.75 Å². The summed E-state index contributed by atoms with van der Waals surface area (Å²) in [5.41, 5.74) is 1.82. The zero-order chi connectivity index (χ0) is 17.8. The third-order valence-corrected chi connectivity index (χ3v) is 5.25. The second-order valence-corrected chi connectivity index (χ2v) is 7.10. The number of nitrogens with zero attached hydrogens (tertiary/aromatic N) is 3. The van der Waals surface area contributed by atoms with Crippen LogP contribution in [0.25, 0.3) is 6.08 Å². The number of thiazole rings is 1. The Hall–Kier alpha value is -2.38. The van der Waals surface area contributed by atoms with Gasteiger partial charge in [0.05, 0.1) is 17.7 Å². The number of methoxy groups -OCH3 is 1. The zero-order valence-electron chi connectivity index (χ0n) is 13.9. The number of aryl methyl sites for hydroxylation is 1. The molecule has 1 saturated heterocycles. The van der Waals surface area contributed by atoms with Gasteiger partial charge < -0.3 is 4.74 Å². The lowest BCUT2D eigenvalue weighted by molar-refractivity contribution is -0.121. The van der Waals surface area contributed by atoms with Crippen LogP contribution in [-0.4, -0.2) is 34.6 Å². The highest BCUT2D eigenvalue weighted by Gasteiger charge is 2.32. The van der Waals surface area contributed by atoms with Gasteiger partial charge in [-0.1, -0.05) is 18.2 Å². The van der Waals surface area contributed by atoms with E-state index < -0.39 is 0 Å². The molecular formula is C18H17N3O2S2. The molecule has 0 bridgehead atoms. The van der Waals surface area contributed by atoms with Crippen LogP contribution >= 0.6 is 23.1 Å². The molecule has 1 aliphatic heterocycles. The molecule has 0 unspecified atom stereocenters. The molecule has 2 heterocycles. The Kier molecular flexibility index (Phi) is 5.35. The second kappa shape index (κ2) is 7.67. The smallest absolute Gasteiger partial charge is 0.267 e. The molecule has 0 saturated carbocycles. The molecule has 0 N–H and O–H groups in total. The number of aromatic nitrogens is 1. The number of hydrogen-bond donors (Lipinski definition) is 0. The normalized spacial score (nSPS) is 17.5. The number of thioether (sulfide) groups is 1. The van der Waals surface area contributed by atoms with E-state index in [4.69, 9.17) is 4.74 Å². The monoisotopic (exact) mass is 371 g/mol. The number of hydrogen-bond acceptors (Lipinski definition) is 6. The Balaban J connectivity index is 1.93. The van der Waals surface area contributed by atoms with Crippen LogP contribution in [0.5, 0.6) is 5.75 Å². The maximum atomic E-state index is 12.7. The number of carbonyl (C=O) groups is 1. The first kappa shape index (κ1) is 17.4. The van der Waals surface area contributed by atoms with Gasteiger partial charge in [-0.15, -0.1) is 17.9 Å². The first-order valence-electron chi connectivity index (χ1n) is 7.58. The molecule has 1 amide bonds. The summed E-state index contributed by atoms with van der Waals surface area (Å²) >= 11 is 2.80. The minimum atomic E-state index is -0.0836. The molecule has 7 heteroatoms. The maximum absolute atomic E-state index is 12.7. The predicted molar refractivity (Wildman–Crippen MR) is 104 cm³/mol. The molecule has 1 aromatic heterocycles. The lowest BCUT2D eigenvalue weighted by Gasteiger charge is -2.11. The molecule has 0 aliphatic carbocycles. The summed E-state index contributed by atoms with van der Waals surface area (Å²) < 4.78 is 5.23. The van der Waals surface area contributed by atoms with E-state index in [9.17, 15) is 4.79 Å². The summed E-state index contributed by atoms with van der Waals surface area (Å²) in [5.74, 6) is 0.666. The SMILES string of the molecule is C=CCN1C(=O)/C(=C/c2cccc(OC)c2)S/C1=N/c1nc(C)cs1. The maximum Gasteiger partial charge on any atom is 0.267 e. The van der Waals surface area contributed by atoms with E-state index in [2.05, 4.69) is 16.6 Å². The summed E-state index contributed by atoms with van der Waals surface area (Å²) in [6.07, 6.45) is 3.54. The van der Waals surface area contributed by atoms with Gasteiger partial charge in [-0.05, 0) is 42.5 Å². The molecule has 1 aliphatic rings. The number of ether oxygens (including phenoxy) is 1. The van der Waals surface area contributed by atoms with Crippen LogP contribution in [0.1, 0.15) is 11.3 Å². The van der Waals surface area contributed by atoms with E-state index >= 15 is 0 Å². The van der Waals surface area contributed by atoms with Crippen LogP contribution in [0.4, 0.5) is 5.13 Å². The highest BCUT2D eigenvalue weighted by Crippen LogP contribution is 2.35. The number of rotatable bonds is 5. The van der Waals surface area contributed by atoms with E-state index in [0.29, 0.717) is 21.7 Å². The molecule has 25 heavy (non-hydrogen) atoms. The summed E-state index contributed by atoms with van der Waals surface area (Å²) in [6, 6.07) is 7.58. The molecule has 0 atom stereocenters. The summed E-state index contributed by atoms with van der Waals surface area (Å²) in [5, 5.41) is 3.20. The van der Waals surface area contributed by atoms with Crippen molar-refractivity contribution in [2.24, 2.45) is 4.99 Å². The fourth-order valence-corrected chi connectivity index (χ4v) is 3.95. The molecule has 3 rings (SSSR count). The van der Waals surface area contributed by atoms with Gasteiger partial charge in [0.1, 0.15) is 5.75 Å². The van der Waals surface area contributed by atoms with Gasteiger partial charge in [0.25, 0.3) is 5.91 Å². The first-order valence-corrected chi connectivity index (χ1v) is 9.27. The molecule has 128 valence electrons. The van der Waals surface area contributed by atoms with E-state index in [0.717, 1.165) is 17.0 Å². The average Bonchev–Trinajstić information content (AvgIpc) is 3.14. The van der Waals surface area contributed by atoms with Gasteiger partial charge in [0.2, 0.25) is 5.13 Å². The van der Waals surface area contributed by atoms with E-state index in [1.165, 1.54) is 23.1 Å². The van der Waals surface area contributed by atoms with E-state index in [-0.39, 0.29) is 5.91 Å². The molecule has 1 aromatic carbocycles. The number of amides is 1. The third-order valence-electron chi connectivity index (χ3n) is 3.39. The number of amidine groups is 1. The predicted octanol–water partition coefficient (Wildman–Crippen LogP) is 4.25. The Labute approximate surface area is 154 Å². The van der Waals surface area contributed by atoms with Gasteiger partial charge in [-0.3, -0.25) is 9.69 Å². The first-order chi connectivity index (χ1) is 12.1. The largest absolute Gasteiger partial charge is 0.497 e. The number of benzene rings is 1. The molecule has 0 spiro atoms. The van der Waals surface area contributed by atoms with Gasteiger partial charge in [-0.2, -0.15) is 4.99 Å². The van der Waals surface area contributed by atoms with Crippen molar-refractivity contribution in [2.45, 2.75) is 6.92 Å². The van der Waals surface area contributed by atoms with E-state index in [1.54, 1.807) is 18.1 Å². The molecule has 2 aromatic rings. The molecule has 0 radical (unpaired) electrons. The third kappa shape index (κ3) is 4.00. The molecule has 5 nitrogen and oxygen atoms in total. The van der Waals surface area contributed by atoms with Gasteiger partial charge in [-0.25, -0.2) is 4.98 Å². The number of carbonyl (C=O) groups excluding carboxylic acids is 1. The lowest BCUT2D eigenvalue weighted by Crippen LogP contribution is -2.29. The molecular weight excluding hydrogens is 354 g/mol. The average molecular weight is 371 g/mol. The van der Waals surface area contributed by atoms with Gasteiger partial charge in [0, 0.05) is 11.9 Å². The quantitative estimate of drug-likeness (QED) is 0.582. The standard InChI is InChI=1S/C18H17N3O2S2/c1-4-8-21-16(22)15(10-13-6-5-7-14(9-13)23-3)25-18(21)20-17-19-12(2)11-24-17/h4-7,9-11H,1,8H2,2-3H3/b15-10-,20-18+. The minimum absolute atomic E-state index is 0.0836. The van der Waals surface area contributed by atoms with E-state index in [1.807, 2.05) is 42.6 Å². The van der Waals surface area contributed by atoms with Crippen molar-refractivity contribution >= 4 is 45.4 Å². The topological polar surface area (TPSA) is 54.8 Å².